The van der Waals surface area contributed by atoms with Crippen molar-refractivity contribution in [3.8, 4) is 0 Å². The molecule has 0 saturated heterocycles. The first-order valence-corrected chi connectivity index (χ1v) is 5.27. The molecule has 4 nitrogen and oxygen atoms in total. The van der Waals surface area contributed by atoms with Crippen molar-refractivity contribution in [2.45, 2.75) is 32.4 Å². The van der Waals surface area contributed by atoms with Gasteiger partial charge in [0.05, 0.1) is 6.04 Å². The molecular formula is C11H19N3O. The summed E-state index contributed by atoms with van der Waals surface area (Å²) in [6, 6.07) is 1.60. The number of hydrogen-bond acceptors (Lipinski definition) is 2. The van der Waals surface area contributed by atoms with Crippen molar-refractivity contribution in [2.75, 3.05) is 0 Å². The normalized spacial score (nSPS) is 12.5. The van der Waals surface area contributed by atoms with Crippen molar-refractivity contribution in [3.63, 3.8) is 0 Å². The van der Waals surface area contributed by atoms with Crippen LogP contribution in [0.15, 0.2) is 18.5 Å². The molecule has 1 amide bonds. The Balaban J connectivity index is 2.34. The fraction of sp³-hybridized carbons (Fsp3) is 0.545. The summed E-state index contributed by atoms with van der Waals surface area (Å²) in [6.07, 6.45) is 5.60. The van der Waals surface area contributed by atoms with Gasteiger partial charge in [0.25, 0.3) is 0 Å². The molecule has 84 valence electrons. The van der Waals surface area contributed by atoms with Gasteiger partial charge >= 0.3 is 0 Å². The number of carbonyl (C=O) groups is 1. The highest BCUT2D eigenvalue weighted by Gasteiger charge is 2.11. The van der Waals surface area contributed by atoms with Crippen LogP contribution in [0.4, 0.5) is 0 Å². The summed E-state index contributed by atoms with van der Waals surface area (Å²) in [6.45, 7) is 2.57. The van der Waals surface area contributed by atoms with Gasteiger partial charge in [0.15, 0.2) is 0 Å². The lowest BCUT2D eigenvalue weighted by Gasteiger charge is -2.10. The maximum Gasteiger partial charge on any atom is 0.237 e. The van der Waals surface area contributed by atoms with Crippen LogP contribution in [0, 0.1) is 0 Å². The van der Waals surface area contributed by atoms with Gasteiger partial charge in [0.1, 0.15) is 0 Å². The van der Waals surface area contributed by atoms with E-state index in [0.29, 0.717) is 6.54 Å². The first kappa shape index (κ1) is 11.8. The quantitative estimate of drug-likeness (QED) is 0.752. The fourth-order valence-corrected chi connectivity index (χ4v) is 1.43. The first-order valence-electron chi connectivity index (χ1n) is 5.27. The zero-order valence-electron chi connectivity index (χ0n) is 9.36. The van der Waals surface area contributed by atoms with Gasteiger partial charge in [0, 0.05) is 26.0 Å². The number of hydrogen-bond donors (Lipinski definition) is 2. The van der Waals surface area contributed by atoms with Gasteiger partial charge in [-0.15, -0.1) is 0 Å². The molecule has 1 rings (SSSR count). The number of nitrogens with two attached hydrogens (primary N) is 1. The maximum absolute atomic E-state index is 11.5. The minimum absolute atomic E-state index is 0.0688. The molecule has 0 aliphatic rings. The molecule has 3 N–H and O–H groups in total. The Morgan fingerprint density at radius 3 is 2.93 bits per heavy atom. The molecule has 1 atom stereocenters. The molecule has 0 aliphatic carbocycles. The van der Waals surface area contributed by atoms with E-state index in [0.717, 1.165) is 18.4 Å². The average molecular weight is 209 g/mol. The molecule has 0 fully saturated rings. The Bertz CT molecular complexity index is 319. The lowest BCUT2D eigenvalue weighted by atomic mass is 10.1. The molecule has 0 aliphatic heterocycles. The van der Waals surface area contributed by atoms with Crippen molar-refractivity contribution in [1.29, 1.82) is 0 Å². The second-order valence-electron chi connectivity index (χ2n) is 3.80. The van der Waals surface area contributed by atoms with E-state index in [-0.39, 0.29) is 11.9 Å². The van der Waals surface area contributed by atoms with Crippen molar-refractivity contribution in [2.24, 2.45) is 12.8 Å². The third kappa shape index (κ3) is 3.75. The number of rotatable bonds is 5. The second-order valence-corrected chi connectivity index (χ2v) is 3.80. The second kappa shape index (κ2) is 5.56. The lowest BCUT2D eigenvalue weighted by molar-refractivity contribution is -0.122. The summed E-state index contributed by atoms with van der Waals surface area (Å²) in [5, 5.41) is 2.82. The first-order chi connectivity index (χ1) is 7.13. The molecule has 0 unspecified atom stereocenters. The topological polar surface area (TPSA) is 60.1 Å². The number of aryl methyl sites for hydroxylation is 1. The molecule has 0 aromatic carbocycles. The Kier molecular flexibility index (Phi) is 4.37. The van der Waals surface area contributed by atoms with Crippen molar-refractivity contribution in [3.05, 3.63) is 24.0 Å². The van der Waals surface area contributed by atoms with Gasteiger partial charge < -0.3 is 15.6 Å². The van der Waals surface area contributed by atoms with Gasteiger partial charge in [-0.25, -0.2) is 0 Å². The van der Waals surface area contributed by atoms with Gasteiger partial charge in [-0.05, 0) is 18.1 Å². The Morgan fingerprint density at radius 2 is 2.40 bits per heavy atom. The molecule has 0 spiro atoms. The molecule has 15 heavy (non-hydrogen) atoms. The van der Waals surface area contributed by atoms with Crippen LogP contribution < -0.4 is 11.1 Å². The molecule has 0 radical (unpaired) electrons. The number of nitrogens with zero attached hydrogens (tertiary/aromatic N) is 1. The van der Waals surface area contributed by atoms with E-state index in [1.807, 2.05) is 37.0 Å². The Hall–Kier alpha value is -1.29. The fourth-order valence-electron chi connectivity index (χ4n) is 1.43. The predicted molar refractivity (Wildman–Crippen MR) is 60.1 cm³/mol. The smallest absolute Gasteiger partial charge is 0.237 e. The van der Waals surface area contributed by atoms with Gasteiger partial charge in [-0.1, -0.05) is 13.3 Å². The lowest BCUT2D eigenvalue weighted by Crippen LogP contribution is -2.39. The van der Waals surface area contributed by atoms with E-state index in [1.54, 1.807) is 0 Å². The summed E-state index contributed by atoms with van der Waals surface area (Å²) in [4.78, 5) is 11.5. The minimum Gasteiger partial charge on any atom is -0.357 e. The van der Waals surface area contributed by atoms with Crippen LogP contribution in [0.5, 0.6) is 0 Å². The van der Waals surface area contributed by atoms with Crippen LogP contribution in [-0.4, -0.2) is 16.5 Å². The van der Waals surface area contributed by atoms with Gasteiger partial charge in [0.2, 0.25) is 5.91 Å². The number of nitrogens with one attached hydrogen (secondary N) is 1. The van der Waals surface area contributed by atoms with E-state index in [9.17, 15) is 4.79 Å². The molecule has 4 heteroatoms. The SMILES string of the molecule is CCC[C@@H](N)C(=O)NCc1ccn(C)c1. The van der Waals surface area contributed by atoms with Gasteiger partial charge in [-0.3, -0.25) is 4.79 Å². The zero-order valence-corrected chi connectivity index (χ0v) is 9.36. The predicted octanol–water partition coefficient (Wildman–Crippen LogP) is 0.769. The molecule has 1 aromatic heterocycles. The molecule has 0 saturated carbocycles. The third-order valence-electron chi connectivity index (χ3n) is 2.30. The van der Waals surface area contributed by atoms with Crippen LogP contribution in [0.2, 0.25) is 0 Å². The van der Waals surface area contributed by atoms with Crippen LogP contribution in [-0.2, 0) is 18.4 Å². The van der Waals surface area contributed by atoms with E-state index >= 15 is 0 Å². The van der Waals surface area contributed by atoms with Crippen molar-refractivity contribution >= 4 is 5.91 Å². The van der Waals surface area contributed by atoms with Crippen molar-refractivity contribution < 1.29 is 4.79 Å². The molecule has 1 aromatic rings. The monoisotopic (exact) mass is 209 g/mol. The number of carbonyl (C=O) groups excluding carboxylic acids is 1. The molecular weight excluding hydrogens is 190 g/mol. The van der Waals surface area contributed by atoms with Crippen LogP contribution in [0.1, 0.15) is 25.3 Å². The summed E-state index contributed by atoms with van der Waals surface area (Å²) in [5.74, 6) is -0.0688. The molecule has 0 bridgehead atoms. The minimum atomic E-state index is -0.376. The number of aromatic nitrogens is 1. The highest BCUT2D eigenvalue weighted by Crippen LogP contribution is 1.99. The van der Waals surface area contributed by atoms with Crippen LogP contribution in [0.3, 0.4) is 0 Å². The van der Waals surface area contributed by atoms with Gasteiger partial charge in [-0.2, -0.15) is 0 Å². The van der Waals surface area contributed by atoms with E-state index < -0.39 is 0 Å². The Labute approximate surface area is 90.5 Å². The van der Waals surface area contributed by atoms with E-state index in [2.05, 4.69) is 5.32 Å². The van der Waals surface area contributed by atoms with Crippen molar-refractivity contribution in [1.82, 2.24) is 9.88 Å². The third-order valence-corrected chi connectivity index (χ3v) is 2.30. The standard InChI is InChI=1S/C11H19N3O/c1-3-4-10(12)11(15)13-7-9-5-6-14(2)8-9/h5-6,8,10H,3-4,7,12H2,1-2H3,(H,13,15)/t10-/m1/s1. The summed E-state index contributed by atoms with van der Waals surface area (Å²) >= 11 is 0. The summed E-state index contributed by atoms with van der Waals surface area (Å²) < 4.78 is 1.95. The highest BCUT2D eigenvalue weighted by molar-refractivity contribution is 5.81. The maximum atomic E-state index is 11.5. The van der Waals surface area contributed by atoms with E-state index in [1.165, 1.54) is 0 Å². The largest absolute Gasteiger partial charge is 0.357 e. The summed E-state index contributed by atoms with van der Waals surface area (Å²) in [7, 11) is 1.95. The van der Waals surface area contributed by atoms with Crippen LogP contribution in [0.25, 0.3) is 0 Å². The number of amides is 1. The van der Waals surface area contributed by atoms with E-state index in [4.69, 9.17) is 5.73 Å². The summed E-state index contributed by atoms with van der Waals surface area (Å²) in [5.41, 5.74) is 6.77. The highest BCUT2D eigenvalue weighted by atomic mass is 16.2. The zero-order chi connectivity index (χ0) is 11.3. The molecule has 1 heterocycles. The average Bonchev–Trinajstić information content (AvgIpc) is 2.61. The Morgan fingerprint density at radius 1 is 1.67 bits per heavy atom. The van der Waals surface area contributed by atoms with Crippen LogP contribution >= 0.6 is 0 Å².